The van der Waals surface area contributed by atoms with Gasteiger partial charge in [-0.25, -0.2) is 9.97 Å². The number of anilines is 1. The van der Waals surface area contributed by atoms with E-state index in [1.807, 2.05) is 26.8 Å². The fraction of sp³-hybridized carbons (Fsp3) is 0.500. The highest BCUT2D eigenvalue weighted by atomic mass is 16.2. The van der Waals surface area contributed by atoms with E-state index in [2.05, 4.69) is 20.6 Å². The molecule has 1 aromatic rings. The molecule has 6 heteroatoms. The predicted octanol–water partition coefficient (Wildman–Crippen LogP) is 1.06. The molecule has 0 aliphatic heterocycles. The third-order valence-corrected chi connectivity index (χ3v) is 2.05. The monoisotopic (exact) mass is 247 g/mol. The van der Waals surface area contributed by atoms with Crippen LogP contribution < -0.4 is 10.6 Å². The highest BCUT2D eigenvalue weighted by Crippen LogP contribution is 2.09. The molecular formula is C12H17N5O. The van der Waals surface area contributed by atoms with Crippen LogP contribution in [-0.4, -0.2) is 27.5 Å². The molecule has 1 aromatic heterocycles. The van der Waals surface area contributed by atoms with Gasteiger partial charge >= 0.3 is 0 Å². The van der Waals surface area contributed by atoms with Crippen LogP contribution in [0.4, 0.5) is 5.82 Å². The summed E-state index contributed by atoms with van der Waals surface area (Å²) < 4.78 is 0. The molecule has 0 saturated carbocycles. The van der Waals surface area contributed by atoms with Crippen molar-refractivity contribution in [2.75, 3.05) is 5.32 Å². The third kappa shape index (κ3) is 4.01. The molecule has 0 bridgehead atoms. The zero-order valence-corrected chi connectivity index (χ0v) is 11.0. The summed E-state index contributed by atoms with van der Waals surface area (Å²) in [6.07, 6.45) is 2.90. The summed E-state index contributed by atoms with van der Waals surface area (Å²) >= 11 is 0. The van der Waals surface area contributed by atoms with E-state index in [0.717, 1.165) is 0 Å². The number of carbonyl (C=O) groups is 1. The standard InChI is InChI=1S/C12H17N5O/c1-8(11(18)17-12(2,3)4)16-10-9(7-13)14-5-6-15-10/h5-6,8H,1-4H3,(H,15,16)(H,17,18). The number of rotatable bonds is 3. The summed E-state index contributed by atoms with van der Waals surface area (Å²) in [6.45, 7) is 7.42. The van der Waals surface area contributed by atoms with Crippen molar-refractivity contribution < 1.29 is 4.79 Å². The molecule has 0 aromatic carbocycles. The van der Waals surface area contributed by atoms with E-state index in [0.29, 0.717) is 5.82 Å². The lowest BCUT2D eigenvalue weighted by Crippen LogP contribution is -2.47. The molecule has 6 nitrogen and oxygen atoms in total. The zero-order valence-electron chi connectivity index (χ0n) is 11.0. The molecule has 1 unspecified atom stereocenters. The van der Waals surface area contributed by atoms with Gasteiger partial charge in [0.15, 0.2) is 11.5 Å². The van der Waals surface area contributed by atoms with Gasteiger partial charge in [0.1, 0.15) is 12.1 Å². The molecule has 0 aliphatic rings. The van der Waals surface area contributed by atoms with E-state index in [4.69, 9.17) is 5.26 Å². The number of nitrogens with zero attached hydrogens (tertiary/aromatic N) is 3. The van der Waals surface area contributed by atoms with E-state index in [9.17, 15) is 4.79 Å². The molecular weight excluding hydrogens is 230 g/mol. The Bertz CT molecular complexity index is 472. The Hall–Kier alpha value is -2.16. The second-order valence-electron chi connectivity index (χ2n) is 4.97. The Labute approximate surface area is 106 Å². The van der Waals surface area contributed by atoms with Crippen LogP contribution in [-0.2, 0) is 4.79 Å². The first-order valence-corrected chi connectivity index (χ1v) is 5.63. The highest BCUT2D eigenvalue weighted by Gasteiger charge is 2.20. The van der Waals surface area contributed by atoms with E-state index in [-0.39, 0.29) is 17.1 Å². The molecule has 1 rings (SSSR count). The normalized spacial score (nSPS) is 12.4. The van der Waals surface area contributed by atoms with Crippen molar-refractivity contribution in [1.29, 1.82) is 5.26 Å². The Morgan fingerprint density at radius 1 is 1.39 bits per heavy atom. The third-order valence-electron chi connectivity index (χ3n) is 2.05. The van der Waals surface area contributed by atoms with Gasteiger partial charge in [-0.15, -0.1) is 0 Å². The minimum Gasteiger partial charge on any atom is -0.356 e. The topological polar surface area (TPSA) is 90.7 Å². The predicted molar refractivity (Wildman–Crippen MR) is 67.7 cm³/mol. The zero-order chi connectivity index (χ0) is 13.8. The first kappa shape index (κ1) is 13.9. The summed E-state index contributed by atoms with van der Waals surface area (Å²) in [7, 11) is 0. The van der Waals surface area contributed by atoms with Crippen LogP contribution in [0.3, 0.4) is 0 Å². The molecule has 0 fully saturated rings. The van der Waals surface area contributed by atoms with Gasteiger partial charge in [-0.2, -0.15) is 5.26 Å². The van der Waals surface area contributed by atoms with Crippen molar-refractivity contribution >= 4 is 11.7 Å². The lowest BCUT2D eigenvalue weighted by molar-refractivity contribution is -0.122. The van der Waals surface area contributed by atoms with E-state index < -0.39 is 6.04 Å². The molecule has 1 heterocycles. The summed E-state index contributed by atoms with van der Waals surface area (Å²) in [4.78, 5) is 19.7. The Balaban J connectivity index is 2.73. The van der Waals surface area contributed by atoms with Gasteiger partial charge in [0.05, 0.1) is 0 Å². The van der Waals surface area contributed by atoms with Crippen molar-refractivity contribution in [1.82, 2.24) is 15.3 Å². The number of aromatic nitrogens is 2. The lowest BCUT2D eigenvalue weighted by Gasteiger charge is -2.23. The van der Waals surface area contributed by atoms with E-state index >= 15 is 0 Å². The Morgan fingerprint density at radius 3 is 2.56 bits per heavy atom. The van der Waals surface area contributed by atoms with Gasteiger partial charge < -0.3 is 10.6 Å². The molecule has 18 heavy (non-hydrogen) atoms. The summed E-state index contributed by atoms with van der Waals surface area (Å²) in [6, 6.07) is 1.43. The smallest absolute Gasteiger partial charge is 0.242 e. The second kappa shape index (κ2) is 5.45. The number of hydrogen-bond acceptors (Lipinski definition) is 5. The van der Waals surface area contributed by atoms with Crippen LogP contribution in [0.15, 0.2) is 12.4 Å². The molecule has 0 radical (unpaired) electrons. The average molecular weight is 247 g/mol. The fourth-order valence-corrected chi connectivity index (χ4v) is 1.27. The van der Waals surface area contributed by atoms with Crippen molar-refractivity contribution in [3.05, 3.63) is 18.1 Å². The Kier molecular flexibility index (Phi) is 4.21. The van der Waals surface area contributed by atoms with Gasteiger partial charge in [-0.05, 0) is 27.7 Å². The molecule has 0 spiro atoms. The van der Waals surface area contributed by atoms with Gasteiger partial charge in [-0.1, -0.05) is 0 Å². The number of nitriles is 1. The van der Waals surface area contributed by atoms with Gasteiger partial charge in [0.25, 0.3) is 0 Å². The van der Waals surface area contributed by atoms with Gasteiger partial charge in [0, 0.05) is 17.9 Å². The van der Waals surface area contributed by atoms with Crippen LogP contribution in [0, 0.1) is 11.3 Å². The van der Waals surface area contributed by atoms with Crippen molar-refractivity contribution in [3.8, 4) is 6.07 Å². The first-order chi connectivity index (χ1) is 8.33. The van der Waals surface area contributed by atoms with Crippen LogP contribution in [0.2, 0.25) is 0 Å². The number of hydrogen-bond donors (Lipinski definition) is 2. The van der Waals surface area contributed by atoms with Crippen molar-refractivity contribution in [3.63, 3.8) is 0 Å². The first-order valence-electron chi connectivity index (χ1n) is 5.63. The number of amides is 1. The van der Waals surface area contributed by atoms with Crippen LogP contribution in [0.1, 0.15) is 33.4 Å². The minimum atomic E-state index is -0.493. The van der Waals surface area contributed by atoms with Gasteiger partial charge in [-0.3, -0.25) is 4.79 Å². The molecule has 0 saturated heterocycles. The van der Waals surface area contributed by atoms with Crippen molar-refractivity contribution in [2.24, 2.45) is 0 Å². The lowest BCUT2D eigenvalue weighted by atomic mass is 10.1. The van der Waals surface area contributed by atoms with Crippen molar-refractivity contribution in [2.45, 2.75) is 39.3 Å². The second-order valence-corrected chi connectivity index (χ2v) is 4.97. The summed E-state index contributed by atoms with van der Waals surface area (Å²) in [5.74, 6) is 0.161. The van der Waals surface area contributed by atoms with Crippen LogP contribution in [0.25, 0.3) is 0 Å². The van der Waals surface area contributed by atoms with Crippen LogP contribution >= 0.6 is 0 Å². The van der Waals surface area contributed by atoms with Crippen LogP contribution in [0.5, 0.6) is 0 Å². The number of nitrogens with one attached hydrogen (secondary N) is 2. The van der Waals surface area contributed by atoms with E-state index in [1.165, 1.54) is 12.4 Å². The molecule has 2 N–H and O–H groups in total. The molecule has 1 atom stereocenters. The average Bonchev–Trinajstić information content (AvgIpc) is 2.27. The maximum atomic E-state index is 11.9. The minimum absolute atomic E-state index is 0.156. The highest BCUT2D eigenvalue weighted by molar-refractivity contribution is 5.84. The number of carbonyl (C=O) groups excluding carboxylic acids is 1. The Morgan fingerprint density at radius 2 is 2.00 bits per heavy atom. The molecule has 0 aliphatic carbocycles. The van der Waals surface area contributed by atoms with E-state index in [1.54, 1.807) is 6.92 Å². The molecule has 1 amide bonds. The fourth-order valence-electron chi connectivity index (χ4n) is 1.27. The summed E-state index contributed by atoms with van der Waals surface area (Å²) in [5, 5.41) is 14.6. The summed E-state index contributed by atoms with van der Waals surface area (Å²) in [5.41, 5.74) is -0.124. The maximum Gasteiger partial charge on any atom is 0.242 e. The van der Waals surface area contributed by atoms with Gasteiger partial charge in [0.2, 0.25) is 5.91 Å². The quantitative estimate of drug-likeness (QED) is 0.833. The molecule has 96 valence electrons. The maximum absolute atomic E-state index is 11.9. The SMILES string of the molecule is CC(Nc1nccnc1C#N)C(=O)NC(C)(C)C. The largest absolute Gasteiger partial charge is 0.356 e.